The quantitative estimate of drug-likeness (QED) is 0.294. The van der Waals surface area contributed by atoms with Gasteiger partial charge in [-0.3, -0.25) is 14.6 Å². The lowest BCUT2D eigenvalue weighted by atomic mass is 10.1. The number of hydrogen-bond acceptors (Lipinski definition) is 7. The van der Waals surface area contributed by atoms with Crippen LogP contribution >= 0.6 is 11.8 Å². The fourth-order valence-corrected chi connectivity index (χ4v) is 4.07. The molecule has 0 fully saturated rings. The number of carbonyl (C=O) groups is 2. The molecule has 0 aliphatic rings. The molecular formula is C25H21F3N6O3S. The summed E-state index contributed by atoms with van der Waals surface area (Å²) in [6.07, 6.45) is -1.54. The molecule has 2 heterocycles. The summed E-state index contributed by atoms with van der Waals surface area (Å²) in [5, 5.41) is 9.62. The van der Waals surface area contributed by atoms with E-state index in [1.165, 1.54) is 30.0 Å². The Bertz CT molecular complexity index is 1410. The van der Waals surface area contributed by atoms with Crippen molar-refractivity contribution in [1.82, 2.24) is 19.7 Å². The van der Waals surface area contributed by atoms with Crippen molar-refractivity contribution < 1.29 is 27.5 Å². The molecule has 4 aromatic rings. The van der Waals surface area contributed by atoms with Crippen molar-refractivity contribution >= 4 is 35.0 Å². The maximum Gasteiger partial charge on any atom is 0.418 e. The van der Waals surface area contributed by atoms with Gasteiger partial charge in [-0.2, -0.15) is 13.2 Å². The Morgan fingerprint density at radius 3 is 2.37 bits per heavy atom. The lowest BCUT2D eigenvalue weighted by molar-refractivity contribution is -0.137. The molecule has 0 radical (unpaired) electrons. The normalized spacial score (nSPS) is 11.2. The predicted molar refractivity (Wildman–Crippen MR) is 136 cm³/mol. The summed E-state index contributed by atoms with van der Waals surface area (Å²) in [5.74, 6) is -0.209. The van der Waals surface area contributed by atoms with Gasteiger partial charge >= 0.3 is 6.18 Å². The Morgan fingerprint density at radius 2 is 1.68 bits per heavy atom. The maximum atomic E-state index is 13.3. The van der Waals surface area contributed by atoms with E-state index in [1.54, 1.807) is 48.8 Å². The number of para-hydroxylation sites is 1. The Labute approximate surface area is 219 Å². The molecule has 196 valence electrons. The van der Waals surface area contributed by atoms with Crippen molar-refractivity contribution in [3.63, 3.8) is 0 Å². The van der Waals surface area contributed by atoms with Crippen LogP contribution in [0, 0.1) is 0 Å². The van der Waals surface area contributed by atoms with Crippen LogP contribution in [0.3, 0.4) is 0 Å². The van der Waals surface area contributed by atoms with E-state index in [9.17, 15) is 22.8 Å². The molecule has 9 nitrogen and oxygen atoms in total. The number of rotatable bonds is 9. The van der Waals surface area contributed by atoms with Gasteiger partial charge in [0.1, 0.15) is 12.3 Å². The van der Waals surface area contributed by atoms with Crippen molar-refractivity contribution in [2.45, 2.75) is 17.9 Å². The first-order chi connectivity index (χ1) is 18.2. The number of anilines is 2. The minimum Gasteiger partial charge on any atom is -0.497 e. The second-order valence-corrected chi connectivity index (χ2v) is 8.71. The minimum absolute atomic E-state index is 0.0565. The third kappa shape index (κ3) is 6.88. The number of alkyl halides is 3. The molecule has 0 aliphatic carbocycles. The van der Waals surface area contributed by atoms with E-state index in [2.05, 4.69) is 25.7 Å². The number of halogens is 3. The van der Waals surface area contributed by atoms with Crippen LogP contribution in [0.4, 0.5) is 24.5 Å². The number of thioether (sulfide) groups is 1. The highest BCUT2D eigenvalue weighted by Crippen LogP contribution is 2.34. The Balaban J connectivity index is 1.49. The van der Waals surface area contributed by atoms with Crippen molar-refractivity contribution in [1.29, 1.82) is 0 Å². The molecule has 38 heavy (non-hydrogen) atoms. The summed E-state index contributed by atoms with van der Waals surface area (Å²) in [6.45, 7) is -0.424. The summed E-state index contributed by atoms with van der Waals surface area (Å²) in [4.78, 5) is 33.6. The molecule has 0 unspecified atom stereocenters. The molecule has 2 N–H and O–H groups in total. The van der Waals surface area contributed by atoms with Gasteiger partial charge < -0.3 is 15.4 Å². The van der Waals surface area contributed by atoms with E-state index in [0.29, 0.717) is 17.0 Å². The van der Waals surface area contributed by atoms with Crippen LogP contribution in [0.1, 0.15) is 5.56 Å². The molecular weight excluding hydrogens is 521 g/mol. The molecule has 0 bridgehead atoms. The first kappa shape index (κ1) is 26.7. The van der Waals surface area contributed by atoms with Gasteiger partial charge in [0.25, 0.3) is 0 Å². The Morgan fingerprint density at radius 1 is 0.974 bits per heavy atom. The van der Waals surface area contributed by atoms with Crippen LogP contribution in [0.15, 0.2) is 78.2 Å². The molecule has 0 aliphatic heterocycles. The lowest BCUT2D eigenvalue weighted by Gasteiger charge is -2.13. The maximum absolute atomic E-state index is 13.3. The largest absolute Gasteiger partial charge is 0.497 e. The third-order valence-electron chi connectivity index (χ3n) is 5.08. The number of nitrogens with one attached hydrogen (secondary N) is 2. The van der Waals surface area contributed by atoms with Crippen LogP contribution < -0.4 is 15.4 Å². The summed E-state index contributed by atoms with van der Waals surface area (Å²) in [5.41, 5.74) is -0.147. The standard InChI is InChI=1S/C25H21F3N6O3S/c1-37-18-8-6-17(7-9-18)30-22(36)15-38-24-32-23(16-10-12-29-13-11-16)33-34(24)14-21(35)31-20-5-3-2-4-19(20)25(26,27)28/h2-13H,14-15H2,1H3,(H,30,36)(H,31,35). The van der Waals surface area contributed by atoms with Gasteiger partial charge in [0.2, 0.25) is 11.8 Å². The van der Waals surface area contributed by atoms with Crippen LogP contribution in [-0.2, 0) is 22.3 Å². The van der Waals surface area contributed by atoms with E-state index < -0.39 is 24.2 Å². The van der Waals surface area contributed by atoms with E-state index in [-0.39, 0.29) is 28.3 Å². The minimum atomic E-state index is -4.64. The number of nitrogens with zero attached hydrogens (tertiary/aromatic N) is 4. The molecule has 13 heteroatoms. The van der Waals surface area contributed by atoms with Crippen molar-refractivity contribution in [2.75, 3.05) is 23.5 Å². The van der Waals surface area contributed by atoms with Crippen LogP contribution in [0.25, 0.3) is 11.4 Å². The molecule has 2 aromatic heterocycles. The molecule has 0 spiro atoms. The zero-order chi connectivity index (χ0) is 27.1. The molecule has 4 rings (SSSR count). The molecule has 2 aromatic carbocycles. The smallest absolute Gasteiger partial charge is 0.418 e. The van der Waals surface area contributed by atoms with Crippen LogP contribution in [0.5, 0.6) is 5.75 Å². The van der Waals surface area contributed by atoms with Gasteiger partial charge in [0.05, 0.1) is 24.1 Å². The van der Waals surface area contributed by atoms with E-state index in [1.807, 2.05) is 0 Å². The number of methoxy groups -OCH3 is 1. The first-order valence-electron chi connectivity index (χ1n) is 11.1. The average Bonchev–Trinajstić information content (AvgIpc) is 3.30. The van der Waals surface area contributed by atoms with Crippen molar-refractivity contribution in [2.24, 2.45) is 0 Å². The number of amides is 2. The third-order valence-corrected chi connectivity index (χ3v) is 6.05. The second-order valence-electron chi connectivity index (χ2n) is 7.77. The Kier molecular flexibility index (Phi) is 8.26. The number of pyridine rings is 1. The summed E-state index contributed by atoms with van der Waals surface area (Å²) in [6, 6.07) is 14.8. The van der Waals surface area contributed by atoms with Crippen LogP contribution in [-0.4, -0.2) is 44.4 Å². The van der Waals surface area contributed by atoms with Crippen molar-refractivity contribution in [3.05, 3.63) is 78.6 Å². The highest BCUT2D eigenvalue weighted by atomic mass is 32.2. The number of carbonyl (C=O) groups excluding carboxylic acids is 2. The lowest BCUT2D eigenvalue weighted by Crippen LogP contribution is -2.22. The number of hydrogen-bond donors (Lipinski definition) is 2. The molecule has 0 saturated heterocycles. The highest BCUT2D eigenvalue weighted by Gasteiger charge is 2.33. The topological polar surface area (TPSA) is 111 Å². The molecule has 2 amide bonds. The first-order valence-corrected chi connectivity index (χ1v) is 12.1. The average molecular weight is 543 g/mol. The van der Waals surface area contributed by atoms with Gasteiger partial charge in [0, 0.05) is 23.6 Å². The molecule has 0 atom stereocenters. The second kappa shape index (κ2) is 11.8. The fourth-order valence-electron chi connectivity index (χ4n) is 3.33. The number of benzene rings is 2. The summed E-state index contributed by atoms with van der Waals surface area (Å²) in [7, 11) is 1.54. The van der Waals surface area contributed by atoms with Gasteiger partial charge in [-0.25, -0.2) is 9.67 Å². The van der Waals surface area contributed by atoms with E-state index in [4.69, 9.17) is 4.74 Å². The zero-order valence-corrected chi connectivity index (χ0v) is 20.7. The van der Waals surface area contributed by atoms with Gasteiger partial charge in [-0.15, -0.1) is 5.10 Å². The molecule has 0 saturated carbocycles. The van der Waals surface area contributed by atoms with E-state index >= 15 is 0 Å². The van der Waals surface area contributed by atoms with Gasteiger partial charge in [-0.05, 0) is 48.5 Å². The van der Waals surface area contributed by atoms with Crippen molar-refractivity contribution in [3.8, 4) is 17.1 Å². The number of ether oxygens (including phenoxy) is 1. The van der Waals surface area contributed by atoms with Gasteiger partial charge in [0.15, 0.2) is 11.0 Å². The van der Waals surface area contributed by atoms with E-state index in [0.717, 1.165) is 17.8 Å². The Hall–Kier alpha value is -4.39. The summed E-state index contributed by atoms with van der Waals surface area (Å²) >= 11 is 1.03. The SMILES string of the molecule is COc1ccc(NC(=O)CSc2nc(-c3ccncc3)nn2CC(=O)Nc2ccccc2C(F)(F)F)cc1. The zero-order valence-electron chi connectivity index (χ0n) is 19.9. The predicted octanol–water partition coefficient (Wildman–Crippen LogP) is 4.74. The fraction of sp³-hybridized carbons (Fsp3) is 0.160. The van der Waals surface area contributed by atoms with Crippen LogP contribution in [0.2, 0.25) is 0 Å². The monoisotopic (exact) mass is 542 g/mol. The number of aromatic nitrogens is 4. The highest BCUT2D eigenvalue weighted by molar-refractivity contribution is 7.99. The summed E-state index contributed by atoms with van der Waals surface area (Å²) < 4.78 is 46.3. The van der Waals surface area contributed by atoms with Gasteiger partial charge in [-0.1, -0.05) is 23.9 Å².